The first-order chi connectivity index (χ1) is 17.3. The number of carbonyl (C=O) groups is 1. The second kappa shape index (κ2) is 10.9. The largest absolute Gasteiger partial charge is 0.493 e. The van der Waals surface area contributed by atoms with E-state index in [4.69, 9.17) is 21.1 Å². The van der Waals surface area contributed by atoms with Crippen molar-refractivity contribution in [1.82, 2.24) is 19.8 Å². The molecule has 1 aliphatic heterocycles. The molecule has 0 bridgehead atoms. The first kappa shape index (κ1) is 25.4. The molecule has 3 aromatic rings. The minimum absolute atomic E-state index is 0.0417. The average molecular weight is 516 g/mol. The number of aromatic nitrogens is 2. The summed E-state index contributed by atoms with van der Waals surface area (Å²) in [7, 11) is 5.27. The van der Waals surface area contributed by atoms with Gasteiger partial charge >= 0.3 is 0 Å². The lowest BCUT2D eigenvalue weighted by Crippen LogP contribution is -2.30. The number of carbonyl (C=O) groups excluding carboxylic acids is 1. The number of nitrogens with zero attached hydrogens (tertiary/aromatic N) is 4. The Labute approximate surface area is 212 Å². The molecule has 36 heavy (non-hydrogen) atoms. The van der Waals surface area contributed by atoms with Crippen molar-refractivity contribution >= 4 is 39.9 Å². The van der Waals surface area contributed by atoms with E-state index in [-0.39, 0.29) is 23.5 Å². The van der Waals surface area contributed by atoms with Gasteiger partial charge in [-0.05, 0) is 38.2 Å². The standard InChI is InChI=1S/C25H24ClF2N5O3/c1-32(2)9-4-5-22(34)33-10-8-15(13-33)36-21-11-16-19(12-20(21)35-3)29-14-30-25(16)31-18-7-6-17(27)23(26)24(18)28/h6-7,11-12,14-15H,8-10,13H2,1-3H3,(H,29,30,31)/t15-/m0/s1. The van der Waals surface area contributed by atoms with Crippen LogP contribution in [0.1, 0.15) is 6.42 Å². The van der Waals surface area contributed by atoms with Gasteiger partial charge in [-0.2, -0.15) is 0 Å². The molecule has 1 aliphatic rings. The van der Waals surface area contributed by atoms with E-state index in [1.807, 2.05) is 19.0 Å². The smallest absolute Gasteiger partial charge is 0.298 e. The van der Waals surface area contributed by atoms with Gasteiger partial charge in [0.1, 0.15) is 29.1 Å². The van der Waals surface area contributed by atoms with Crippen molar-refractivity contribution in [3.05, 3.63) is 47.2 Å². The summed E-state index contributed by atoms with van der Waals surface area (Å²) < 4.78 is 39.7. The van der Waals surface area contributed by atoms with Crippen molar-refractivity contribution < 1.29 is 23.0 Å². The van der Waals surface area contributed by atoms with Gasteiger partial charge in [-0.3, -0.25) is 9.69 Å². The second-order valence-electron chi connectivity index (χ2n) is 8.41. The topological polar surface area (TPSA) is 79.8 Å². The van der Waals surface area contributed by atoms with E-state index in [2.05, 4.69) is 27.1 Å². The van der Waals surface area contributed by atoms with Gasteiger partial charge in [0.05, 0.1) is 31.4 Å². The monoisotopic (exact) mass is 515 g/mol. The van der Waals surface area contributed by atoms with Crippen LogP contribution in [0.4, 0.5) is 20.3 Å². The van der Waals surface area contributed by atoms with E-state index in [1.54, 1.807) is 17.0 Å². The maximum absolute atomic E-state index is 14.5. The van der Waals surface area contributed by atoms with Crippen molar-refractivity contribution in [1.29, 1.82) is 0 Å². The summed E-state index contributed by atoms with van der Waals surface area (Å²) in [5.41, 5.74) is 0.477. The van der Waals surface area contributed by atoms with Gasteiger partial charge < -0.3 is 19.7 Å². The van der Waals surface area contributed by atoms with Crippen molar-refractivity contribution in [2.75, 3.05) is 46.2 Å². The quantitative estimate of drug-likeness (QED) is 0.394. The minimum Gasteiger partial charge on any atom is -0.493 e. The molecule has 1 fully saturated rings. The van der Waals surface area contributed by atoms with Crippen molar-refractivity contribution in [2.24, 2.45) is 0 Å². The zero-order valence-corrected chi connectivity index (χ0v) is 20.7. The number of ether oxygens (including phenoxy) is 2. The molecule has 8 nitrogen and oxygen atoms in total. The Morgan fingerprint density at radius 1 is 1.28 bits per heavy atom. The van der Waals surface area contributed by atoms with Crippen molar-refractivity contribution in [2.45, 2.75) is 12.5 Å². The minimum atomic E-state index is -0.933. The fraction of sp³-hybridized carbons (Fsp3) is 0.320. The van der Waals surface area contributed by atoms with Crippen LogP contribution in [0.3, 0.4) is 0 Å². The van der Waals surface area contributed by atoms with Crippen LogP contribution in [0.2, 0.25) is 5.02 Å². The fourth-order valence-electron chi connectivity index (χ4n) is 3.71. The van der Waals surface area contributed by atoms with Gasteiger partial charge in [0.2, 0.25) is 0 Å². The highest BCUT2D eigenvalue weighted by Gasteiger charge is 2.28. The second-order valence-corrected chi connectivity index (χ2v) is 8.79. The SMILES string of the molecule is COc1cc2ncnc(Nc3ccc(F)c(Cl)c3F)c2cc1O[C@H]1CCN(C(=O)C#CCN(C)C)C1. The summed E-state index contributed by atoms with van der Waals surface area (Å²) in [6, 6.07) is 5.65. The Kier molecular flexibility index (Phi) is 7.72. The normalized spacial score (nSPS) is 15.1. The molecule has 1 aromatic heterocycles. The highest BCUT2D eigenvalue weighted by Crippen LogP contribution is 2.37. The van der Waals surface area contributed by atoms with E-state index in [0.717, 1.165) is 6.07 Å². The number of fused-ring (bicyclic) bond motifs is 1. The molecular weight excluding hydrogens is 492 g/mol. The molecule has 188 valence electrons. The van der Waals surface area contributed by atoms with E-state index >= 15 is 0 Å². The van der Waals surface area contributed by atoms with Gasteiger partial charge in [0.25, 0.3) is 5.91 Å². The van der Waals surface area contributed by atoms with E-state index in [0.29, 0.717) is 48.5 Å². The highest BCUT2D eigenvalue weighted by atomic mass is 35.5. The molecule has 1 N–H and O–H groups in total. The first-order valence-electron chi connectivity index (χ1n) is 11.1. The number of halogens is 3. The van der Waals surface area contributed by atoms with Gasteiger partial charge in [-0.1, -0.05) is 17.5 Å². The number of methoxy groups -OCH3 is 1. The van der Waals surface area contributed by atoms with E-state index in [1.165, 1.54) is 19.5 Å². The van der Waals surface area contributed by atoms with Gasteiger partial charge in [-0.25, -0.2) is 18.7 Å². The van der Waals surface area contributed by atoms with Crippen LogP contribution in [0, 0.1) is 23.5 Å². The van der Waals surface area contributed by atoms with Crippen molar-refractivity contribution in [3.63, 3.8) is 0 Å². The number of rotatable bonds is 6. The third-order valence-electron chi connectivity index (χ3n) is 5.53. The summed E-state index contributed by atoms with van der Waals surface area (Å²) in [6.07, 6.45) is 1.66. The van der Waals surface area contributed by atoms with Crippen LogP contribution in [0.25, 0.3) is 10.9 Å². The molecule has 0 unspecified atom stereocenters. The molecule has 1 atom stereocenters. The van der Waals surface area contributed by atoms with Gasteiger partial charge in [0.15, 0.2) is 17.3 Å². The summed E-state index contributed by atoms with van der Waals surface area (Å²) in [6.45, 7) is 1.41. The van der Waals surface area contributed by atoms with Crippen LogP contribution in [-0.4, -0.2) is 72.6 Å². The number of nitrogens with one attached hydrogen (secondary N) is 1. The van der Waals surface area contributed by atoms with Crippen LogP contribution in [0.5, 0.6) is 11.5 Å². The predicted molar refractivity (Wildman–Crippen MR) is 133 cm³/mol. The van der Waals surface area contributed by atoms with Crippen molar-refractivity contribution in [3.8, 4) is 23.3 Å². The lowest BCUT2D eigenvalue weighted by molar-refractivity contribution is -0.124. The Balaban J connectivity index is 1.57. The lowest BCUT2D eigenvalue weighted by atomic mass is 10.2. The molecule has 2 aromatic carbocycles. The van der Waals surface area contributed by atoms with E-state index in [9.17, 15) is 13.6 Å². The molecule has 1 amide bonds. The van der Waals surface area contributed by atoms with Crippen LogP contribution < -0.4 is 14.8 Å². The molecule has 2 heterocycles. The number of anilines is 2. The van der Waals surface area contributed by atoms with Crippen LogP contribution in [-0.2, 0) is 4.79 Å². The third kappa shape index (κ3) is 5.58. The molecule has 0 aliphatic carbocycles. The average Bonchev–Trinajstić information content (AvgIpc) is 3.32. The molecule has 4 rings (SSSR count). The summed E-state index contributed by atoms with van der Waals surface area (Å²) in [5.74, 6) is 4.60. The number of amides is 1. The molecule has 0 radical (unpaired) electrons. The maximum Gasteiger partial charge on any atom is 0.298 e. The molecule has 11 heteroatoms. The Morgan fingerprint density at radius 2 is 2.08 bits per heavy atom. The van der Waals surface area contributed by atoms with Crippen LogP contribution in [0.15, 0.2) is 30.6 Å². The van der Waals surface area contributed by atoms with Gasteiger partial charge in [0, 0.05) is 24.4 Å². The summed E-state index contributed by atoms with van der Waals surface area (Å²) in [4.78, 5) is 24.4. The Hall–Kier alpha value is -3.68. The fourth-order valence-corrected chi connectivity index (χ4v) is 3.87. The molecule has 0 saturated carbocycles. The lowest BCUT2D eigenvalue weighted by Gasteiger charge is -2.18. The third-order valence-corrected chi connectivity index (χ3v) is 5.87. The number of hydrogen-bond donors (Lipinski definition) is 1. The maximum atomic E-state index is 14.5. The Bertz CT molecular complexity index is 1360. The summed E-state index contributed by atoms with van der Waals surface area (Å²) >= 11 is 5.71. The number of hydrogen-bond acceptors (Lipinski definition) is 7. The highest BCUT2D eigenvalue weighted by molar-refractivity contribution is 6.31. The summed E-state index contributed by atoms with van der Waals surface area (Å²) in [5, 5.41) is 2.75. The van der Waals surface area contributed by atoms with Crippen LogP contribution >= 0.6 is 11.6 Å². The molecule has 1 saturated heterocycles. The number of likely N-dealkylation sites (tertiary alicyclic amines) is 1. The Morgan fingerprint density at radius 3 is 2.83 bits per heavy atom. The molecular formula is C25H24ClF2N5O3. The number of benzene rings is 2. The predicted octanol–water partition coefficient (Wildman–Crippen LogP) is 3.86. The van der Waals surface area contributed by atoms with E-state index < -0.39 is 16.7 Å². The first-order valence-corrected chi connectivity index (χ1v) is 11.5. The zero-order chi connectivity index (χ0) is 25.8. The zero-order valence-electron chi connectivity index (χ0n) is 19.9. The molecule has 0 spiro atoms. The van der Waals surface area contributed by atoms with Gasteiger partial charge in [-0.15, -0.1) is 0 Å².